The highest BCUT2D eigenvalue weighted by Crippen LogP contribution is 2.38. The van der Waals surface area contributed by atoms with Crippen molar-refractivity contribution < 1.29 is 28.1 Å². The molecule has 1 aliphatic rings. The van der Waals surface area contributed by atoms with E-state index in [2.05, 4.69) is 20.3 Å². The van der Waals surface area contributed by atoms with E-state index in [1.165, 1.54) is 31.4 Å². The highest BCUT2D eigenvalue weighted by atomic mass is 19.1. The predicted octanol–water partition coefficient (Wildman–Crippen LogP) is 7.39. The number of ether oxygens (including phenoxy) is 4. The third kappa shape index (κ3) is 7.38. The number of rotatable bonds is 12. The number of piperidine rings is 1. The molecule has 11 nitrogen and oxygen atoms in total. The smallest absolute Gasteiger partial charge is 0.279 e. The summed E-state index contributed by atoms with van der Waals surface area (Å²) in [6.07, 6.45) is 6.29. The Morgan fingerprint density at radius 2 is 1.62 bits per heavy atom. The molecule has 0 spiro atoms. The summed E-state index contributed by atoms with van der Waals surface area (Å²) >= 11 is 0. The number of likely N-dealkylation sites (tertiary alicyclic amines) is 1. The number of nitrogens with zero attached hydrogens (tertiary/aromatic N) is 4. The normalized spacial score (nSPS) is 13.2. The standard InChI is InChI=1S/C40H38FN5O6/c1-49-28-14-12-27(13-15-28)46-40(48)30-10-5-4-9-29(30)38(44-46)39(47)43-26-11-16-35(32(41)23-26)52-34-17-18-42-33-25-37(36(50-2)24-31(33)34)51-22-8-21-45-19-6-3-7-20-45/h4-5,9-18,23-25H,3,6-8,19-22H2,1-2H3,(H,43,47). The first kappa shape index (κ1) is 34.4. The zero-order chi connectivity index (χ0) is 36.0. The van der Waals surface area contributed by atoms with Crippen molar-refractivity contribution in [3.05, 3.63) is 113 Å². The summed E-state index contributed by atoms with van der Waals surface area (Å²) in [6.45, 7) is 3.82. The maximum Gasteiger partial charge on any atom is 0.279 e. The topological polar surface area (TPSA) is 117 Å². The molecule has 266 valence electrons. The van der Waals surface area contributed by atoms with Gasteiger partial charge in [0.2, 0.25) is 0 Å². The maximum absolute atomic E-state index is 15.5. The molecule has 0 aliphatic carbocycles. The van der Waals surface area contributed by atoms with E-state index in [4.69, 9.17) is 18.9 Å². The lowest BCUT2D eigenvalue weighted by Crippen LogP contribution is -2.31. The summed E-state index contributed by atoms with van der Waals surface area (Å²) in [7, 11) is 3.11. The first-order valence-electron chi connectivity index (χ1n) is 17.2. The van der Waals surface area contributed by atoms with E-state index < -0.39 is 17.3 Å². The molecule has 12 heteroatoms. The van der Waals surface area contributed by atoms with Crippen molar-refractivity contribution >= 4 is 33.3 Å². The Kier molecular flexibility index (Phi) is 10.3. The number of hydrogen-bond acceptors (Lipinski definition) is 9. The number of benzene rings is 4. The minimum Gasteiger partial charge on any atom is -0.497 e. The third-order valence-electron chi connectivity index (χ3n) is 9.06. The quantitative estimate of drug-likeness (QED) is 0.130. The zero-order valence-electron chi connectivity index (χ0n) is 28.9. The van der Waals surface area contributed by atoms with Crippen LogP contribution in [0.2, 0.25) is 0 Å². The summed E-state index contributed by atoms with van der Waals surface area (Å²) in [5.41, 5.74) is 0.828. The molecule has 0 radical (unpaired) electrons. The molecule has 0 unspecified atom stereocenters. The second kappa shape index (κ2) is 15.5. The SMILES string of the molecule is COc1ccc(-n2nc(C(=O)Nc3ccc(Oc4ccnc5cc(OCCCN6CCCCC6)c(OC)cc45)c(F)c3)c3ccccc3c2=O)cc1. The van der Waals surface area contributed by atoms with Gasteiger partial charge in [0.05, 0.1) is 37.4 Å². The third-order valence-corrected chi connectivity index (χ3v) is 9.06. The van der Waals surface area contributed by atoms with Gasteiger partial charge in [-0.05, 0) is 86.9 Å². The van der Waals surface area contributed by atoms with Gasteiger partial charge in [0, 0.05) is 41.3 Å². The van der Waals surface area contributed by atoms with Gasteiger partial charge in [-0.25, -0.2) is 4.39 Å². The van der Waals surface area contributed by atoms with Gasteiger partial charge in [-0.15, -0.1) is 0 Å². The summed E-state index contributed by atoms with van der Waals surface area (Å²) in [5, 5.41) is 8.41. The van der Waals surface area contributed by atoms with Crippen LogP contribution in [0.4, 0.5) is 10.1 Å². The van der Waals surface area contributed by atoms with Gasteiger partial charge >= 0.3 is 0 Å². The summed E-state index contributed by atoms with van der Waals surface area (Å²) < 4.78 is 39.7. The van der Waals surface area contributed by atoms with Crippen LogP contribution in [0.3, 0.4) is 0 Å². The van der Waals surface area contributed by atoms with Crippen LogP contribution in [-0.2, 0) is 0 Å². The van der Waals surface area contributed by atoms with Gasteiger partial charge in [0.15, 0.2) is 28.8 Å². The van der Waals surface area contributed by atoms with E-state index in [0.29, 0.717) is 57.0 Å². The molecule has 3 heterocycles. The highest BCUT2D eigenvalue weighted by molar-refractivity contribution is 6.11. The van der Waals surface area contributed by atoms with Gasteiger partial charge in [-0.2, -0.15) is 9.78 Å². The van der Waals surface area contributed by atoms with E-state index in [-0.39, 0.29) is 17.1 Å². The lowest BCUT2D eigenvalue weighted by molar-refractivity contribution is 0.102. The molecule has 0 saturated carbocycles. The number of nitrogens with one attached hydrogen (secondary N) is 1. The molecule has 1 fully saturated rings. The Morgan fingerprint density at radius 1 is 0.827 bits per heavy atom. The molecule has 4 aromatic carbocycles. The second-order valence-electron chi connectivity index (χ2n) is 12.4. The van der Waals surface area contributed by atoms with E-state index in [1.807, 2.05) is 0 Å². The van der Waals surface area contributed by atoms with Crippen LogP contribution in [0.5, 0.6) is 28.7 Å². The van der Waals surface area contributed by atoms with Crippen molar-refractivity contribution in [3.8, 4) is 34.4 Å². The number of amides is 1. The van der Waals surface area contributed by atoms with Crippen LogP contribution in [0.15, 0.2) is 95.9 Å². The monoisotopic (exact) mass is 703 g/mol. The van der Waals surface area contributed by atoms with Crippen LogP contribution in [0.25, 0.3) is 27.4 Å². The van der Waals surface area contributed by atoms with Gasteiger partial charge in [-0.1, -0.05) is 24.6 Å². The summed E-state index contributed by atoms with van der Waals surface area (Å²) in [4.78, 5) is 33.9. The van der Waals surface area contributed by atoms with Crippen LogP contribution in [0, 0.1) is 5.82 Å². The first-order valence-corrected chi connectivity index (χ1v) is 17.2. The fraction of sp³-hybridized carbons (Fsp3) is 0.250. The molecule has 7 rings (SSSR count). The van der Waals surface area contributed by atoms with Crippen LogP contribution >= 0.6 is 0 Å². The largest absolute Gasteiger partial charge is 0.497 e. The first-order chi connectivity index (χ1) is 25.4. The maximum atomic E-state index is 15.5. The molecule has 0 atom stereocenters. The Balaban J connectivity index is 1.08. The summed E-state index contributed by atoms with van der Waals surface area (Å²) in [5.74, 6) is 0.682. The molecular weight excluding hydrogens is 665 g/mol. The fourth-order valence-corrected chi connectivity index (χ4v) is 6.37. The molecule has 6 aromatic rings. The molecular formula is C40H38FN5O6. The minimum absolute atomic E-state index is 0.00527. The van der Waals surface area contributed by atoms with Crippen molar-refractivity contribution in [2.24, 2.45) is 0 Å². The number of aromatic nitrogens is 3. The Hall–Kier alpha value is -6.01. The van der Waals surface area contributed by atoms with Crippen molar-refractivity contribution in [1.82, 2.24) is 19.7 Å². The van der Waals surface area contributed by atoms with Crippen molar-refractivity contribution in [1.29, 1.82) is 0 Å². The number of pyridine rings is 1. The van der Waals surface area contributed by atoms with E-state index in [9.17, 15) is 9.59 Å². The van der Waals surface area contributed by atoms with Crippen LogP contribution in [0.1, 0.15) is 36.2 Å². The van der Waals surface area contributed by atoms with Gasteiger partial charge in [0.1, 0.15) is 11.5 Å². The molecule has 0 bridgehead atoms. The minimum atomic E-state index is -0.704. The Morgan fingerprint density at radius 3 is 2.37 bits per heavy atom. The Bertz CT molecular complexity index is 2290. The fourth-order valence-electron chi connectivity index (χ4n) is 6.37. The molecule has 52 heavy (non-hydrogen) atoms. The van der Waals surface area contributed by atoms with Gasteiger partial charge < -0.3 is 29.2 Å². The number of hydrogen-bond donors (Lipinski definition) is 1. The lowest BCUT2D eigenvalue weighted by atomic mass is 10.1. The molecule has 1 saturated heterocycles. The number of anilines is 1. The Labute approximate surface area is 299 Å². The molecule has 1 aliphatic heterocycles. The number of fused-ring (bicyclic) bond motifs is 2. The van der Waals surface area contributed by atoms with E-state index in [1.54, 1.807) is 87.1 Å². The number of carbonyl (C=O) groups excluding carboxylic acids is 1. The lowest BCUT2D eigenvalue weighted by Gasteiger charge is -2.26. The molecule has 2 aromatic heterocycles. The number of halogens is 1. The van der Waals surface area contributed by atoms with Crippen LogP contribution < -0.4 is 29.8 Å². The van der Waals surface area contributed by atoms with Crippen molar-refractivity contribution in [2.45, 2.75) is 25.7 Å². The average Bonchev–Trinajstić information content (AvgIpc) is 3.18. The number of methoxy groups -OCH3 is 2. The molecule has 1 amide bonds. The van der Waals surface area contributed by atoms with E-state index >= 15 is 4.39 Å². The number of carbonyl (C=O) groups is 1. The van der Waals surface area contributed by atoms with Crippen molar-refractivity contribution in [2.75, 3.05) is 45.8 Å². The predicted molar refractivity (Wildman–Crippen MR) is 197 cm³/mol. The van der Waals surface area contributed by atoms with Crippen molar-refractivity contribution in [3.63, 3.8) is 0 Å². The summed E-state index contributed by atoms with van der Waals surface area (Å²) in [6, 6.07) is 22.8. The second-order valence-corrected chi connectivity index (χ2v) is 12.4. The van der Waals surface area contributed by atoms with Crippen LogP contribution in [-0.4, -0.2) is 66.0 Å². The highest BCUT2D eigenvalue weighted by Gasteiger charge is 2.20. The zero-order valence-corrected chi connectivity index (χ0v) is 28.9. The van der Waals surface area contributed by atoms with Gasteiger partial charge in [-0.3, -0.25) is 14.6 Å². The average molecular weight is 704 g/mol. The van der Waals surface area contributed by atoms with Gasteiger partial charge in [0.25, 0.3) is 11.5 Å². The molecule has 1 N–H and O–H groups in total. The van der Waals surface area contributed by atoms with E-state index in [0.717, 1.165) is 36.8 Å².